The second-order valence-electron chi connectivity index (χ2n) is 7.21. The molecule has 0 radical (unpaired) electrons. The Hall–Kier alpha value is -1.55. The minimum atomic E-state index is -0.443. The molecule has 4 nitrogen and oxygen atoms in total. The molecule has 23 heavy (non-hydrogen) atoms. The molecule has 0 unspecified atom stereocenters. The van der Waals surface area contributed by atoms with Crippen molar-refractivity contribution in [1.82, 2.24) is 10.2 Å². The minimum absolute atomic E-state index is 0.236. The van der Waals surface area contributed by atoms with Crippen LogP contribution in [0.15, 0.2) is 24.3 Å². The molecule has 0 aromatic heterocycles. The van der Waals surface area contributed by atoms with Crippen LogP contribution >= 0.6 is 0 Å². The van der Waals surface area contributed by atoms with E-state index in [2.05, 4.69) is 29.6 Å². The lowest BCUT2D eigenvalue weighted by molar-refractivity contribution is 0.0262. The molecule has 1 N–H and O–H groups in total. The molecule has 1 aliphatic carbocycles. The van der Waals surface area contributed by atoms with Gasteiger partial charge in [0.1, 0.15) is 5.60 Å². The molecule has 1 amide bonds. The van der Waals surface area contributed by atoms with Crippen LogP contribution in [-0.4, -0.2) is 36.2 Å². The standard InChI is InChI=1S/C19H30N2O2/c1-5-21(18(22)23-19(2,3)4)13-12-20-14-16-8-6-7-9-17(16)15-10-11-15/h6-9,15,20H,5,10-14H2,1-4H3. The van der Waals surface area contributed by atoms with Gasteiger partial charge in [0.15, 0.2) is 0 Å². The van der Waals surface area contributed by atoms with E-state index in [0.29, 0.717) is 13.1 Å². The number of amides is 1. The van der Waals surface area contributed by atoms with Crippen LogP contribution in [0.3, 0.4) is 0 Å². The molecule has 1 aliphatic rings. The fourth-order valence-electron chi connectivity index (χ4n) is 2.63. The maximum atomic E-state index is 12.1. The summed E-state index contributed by atoms with van der Waals surface area (Å²) in [6, 6.07) is 8.67. The van der Waals surface area contributed by atoms with Crippen LogP contribution in [0.1, 0.15) is 57.6 Å². The van der Waals surface area contributed by atoms with Gasteiger partial charge in [-0.1, -0.05) is 24.3 Å². The maximum absolute atomic E-state index is 12.1. The van der Waals surface area contributed by atoms with Crippen molar-refractivity contribution in [3.63, 3.8) is 0 Å². The van der Waals surface area contributed by atoms with E-state index < -0.39 is 5.60 Å². The second-order valence-corrected chi connectivity index (χ2v) is 7.21. The van der Waals surface area contributed by atoms with Gasteiger partial charge in [-0.3, -0.25) is 0 Å². The Bertz CT molecular complexity index is 518. The summed E-state index contributed by atoms with van der Waals surface area (Å²) in [5.74, 6) is 0.766. The van der Waals surface area contributed by atoms with Gasteiger partial charge in [0.05, 0.1) is 0 Å². The number of likely N-dealkylation sites (N-methyl/N-ethyl adjacent to an activating group) is 1. The highest BCUT2D eigenvalue weighted by atomic mass is 16.6. The van der Waals surface area contributed by atoms with Crippen LogP contribution < -0.4 is 5.32 Å². The third-order valence-corrected chi connectivity index (χ3v) is 3.98. The van der Waals surface area contributed by atoms with Crippen molar-refractivity contribution >= 4 is 6.09 Å². The zero-order chi connectivity index (χ0) is 16.9. The van der Waals surface area contributed by atoms with Crippen molar-refractivity contribution in [2.24, 2.45) is 0 Å². The summed E-state index contributed by atoms with van der Waals surface area (Å²) in [7, 11) is 0. The van der Waals surface area contributed by atoms with Crippen LogP contribution in [0.2, 0.25) is 0 Å². The van der Waals surface area contributed by atoms with Gasteiger partial charge < -0.3 is 15.0 Å². The lowest BCUT2D eigenvalue weighted by Crippen LogP contribution is -2.40. The Morgan fingerprint density at radius 1 is 1.30 bits per heavy atom. The summed E-state index contributed by atoms with van der Waals surface area (Å²) in [6.45, 7) is 10.6. The van der Waals surface area contributed by atoms with Crippen molar-refractivity contribution in [3.05, 3.63) is 35.4 Å². The number of benzene rings is 1. The van der Waals surface area contributed by atoms with Gasteiger partial charge in [-0.05, 0) is 57.6 Å². The van der Waals surface area contributed by atoms with Crippen LogP contribution in [0, 0.1) is 0 Å². The topological polar surface area (TPSA) is 41.6 Å². The van der Waals surface area contributed by atoms with Gasteiger partial charge in [-0.25, -0.2) is 4.79 Å². The monoisotopic (exact) mass is 318 g/mol. The van der Waals surface area contributed by atoms with E-state index in [4.69, 9.17) is 4.74 Å². The minimum Gasteiger partial charge on any atom is -0.444 e. The van der Waals surface area contributed by atoms with E-state index in [-0.39, 0.29) is 6.09 Å². The molecule has 0 heterocycles. The first-order chi connectivity index (χ1) is 10.9. The van der Waals surface area contributed by atoms with E-state index in [9.17, 15) is 4.79 Å². The van der Waals surface area contributed by atoms with Gasteiger partial charge in [0.2, 0.25) is 0 Å². The lowest BCUT2D eigenvalue weighted by Gasteiger charge is -2.26. The number of carbonyl (C=O) groups is 1. The largest absolute Gasteiger partial charge is 0.444 e. The predicted octanol–water partition coefficient (Wildman–Crippen LogP) is 3.91. The average molecular weight is 318 g/mol. The highest BCUT2D eigenvalue weighted by Crippen LogP contribution is 2.41. The predicted molar refractivity (Wildman–Crippen MR) is 93.6 cm³/mol. The van der Waals surface area contributed by atoms with E-state index in [1.807, 2.05) is 27.7 Å². The van der Waals surface area contributed by atoms with Crippen LogP contribution in [0.5, 0.6) is 0 Å². The number of hydrogen-bond donors (Lipinski definition) is 1. The quantitative estimate of drug-likeness (QED) is 0.775. The first kappa shape index (κ1) is 17.8. The van der Waals surface area contributed by atoms with Crippen LogP contribution in [0.25, 0.3) is 0 Å². The molecule has 1 saturated carbocycles. The molecule has 0 spiro atoms. The summed E-state index contributed by atoms with van der Waals surface area (Å²) in [5, 5.41) is 3.46. The summed E-state index contributed by atoms with van der Waals surface area (Å²) in [4.78, 5) is 13.8. The Balaban J connectivity index is 1.77. The Labute approximate surface area is 140 Å². The Morgan fingerprint density at radius 2 is 2.00 bits per heavy atom. The van der Waals surface area contributed by atoms with Crippen molar-refractivity contribution in [2.75, 3.05) is 19.6 Å². The van der Waals surface area contributed by atoms with E-state index >= 15 is 0 Å². The third kappa shape index (κ3) is 5.87. The molecule has 4 heteroatoms. The van der Waals surface area contributed by atoms with Gasteiger partial charge in [0.25, 0.3) is 0 Å². The van der Waals surface area contributed by atoms with Gasteiger partial charge in [0, 0.05) is 26.2 Å². The van der Waals surface area contributed by atoms with Crippen molar-refractivity contribution < 1.29 is 9.53 Å². The van der Waals surface area contributed by atoms with Gasteiger partial charge in [-0.2, -0.15) is 0 Å². The summed E-state index contributed by atoms with van der Waals surface area (Å²) < 4.78 is 5.42. The Morgan fingerprint density at radius 3 is 2.61 bits per heavy atom. The molecule has 2 rings (SSSR count). The van der Waals surface area contributed by atoms with E-state index in [0.717, 1.165) is 19.0 Å². The lowest BCUT2D eigenvalue weighted by atomic mass is 10.0. The van der Waals surface area contributed by atoms with Crippen molar-refractivity contribution in [2.45, 2.75) is 58.6 Å². The molecular formula is C19H30N2O2. The number of nitrogens with one attached hydrogen (secondary N) is 1. The van der Waals surface area contributed by atoms with Crippen LogP contribution in [0.4, 0.5) is 4.79 Å². The summed E-state index contributed by atoms with van der Waals surface area (Å²) in [6.07, 6.45) is 2.40. The SMILES string of the molecule is CCN(CCNCc1ccccc1C1CC1)C(=O)OC(C)(C)C. The van der Waals surface area contributed by atoms with Crippen LogP contribution in [-0.2, 0) is 11.3 Å². The smallest absolute Gasteiger partial charge is 0.410 e. The number of hydrogen-bond acceptors (Lipinski definition) is 3. The summed E-state index contributed by atoms with van der Waals surface area (Å²) in [5.41, 5.74) is 2.43. The van der Waals surface area contributed by atoms with E-state index in [1.54, 1.807) is 4.90 Å². The summed E-state index contributed by atoms with van der Waals surface area (Å²) >= 11 is 0. The second kappa shape index (κ2) is 7.82. The average Bonchev–Trinajstić information content (AvgIpc) is 3.30. The Kier molecular flexibility index (Phi) is 6.05. The van der Waals surface area contributed by atoms with Gasteiger partial charge in [-0.15, -0.1) is 0 Å². The van der Waals surface area contributed by atoms with Gasteiger partial charge >= 0.3 is 6.09 Å². The van der Waals surface area contributed by atoms with Crippen molar-refractivity contribution in [3.8, 4) is 0 Å². The molecule has 1 fully saturated rings. The molecule has 0 saturated heterocycles. The molecule has 1 aromatic rings. The highest BCUT2D eigenvalue weighted by Gasteiger charge is 2.25. The van der Waals surface area contributed by atoms with E-state index in [1.165, 1.54) is 24.0 Å². The number of carbonyl (C=O) groups excluding carboxylic acids is 1. The molecule has 0 aliphatic heterocycles. The zero-order valence-corrected chi connectivity index (χ0v) is 14.9. The fraction of sp³-hybridized carbons (Fsp3) is 0.632. The molecule has 1 aromatic carbocycles. The first-order valence-corrected chi connectivity index (χ1v) is 8.67. The fourth-order valence-corrected chi connectivity index (χ4v) is 2.63. The molecule has 128 valence electrons. The maximum Gasteiger partial charge on any atom is 0.410 e. The normalized spacial score (nSPS) is 14.6. The van der Waals surface area contributed by atoms with Crippen molar-refractivity contribution in [1.29, 1.82) is 0 Å². The number of nitrogens with zero attached hydrogens (tertiary/aromatic N) is 1. The number of ether oxygens (including phenoxy) is 1. The number of rotatable bonds is 7. The highest BCUT2D eigenvalue weighted by molar-refractivity contribution is 5.68. The first-order valence-electron chi connectivity index (χ1n) is 8.67. The molecule has 0 atom stereocenters. The zero-order valence-electron chi connectivity index (χ0n) is 14.9. The molecular weight excluding hydrogens is 288 g/mol. The molecule has 0 bridgehead atoms. The third-order valence-electron chi connectivity index (χ3n) is 3.98.